The predicted octanol–water partition coefficient (Wildman–Crippen LogP) is 3.78. The molecule has 28 heavy (non-hydrogen) atoms. The molecule has 7 nitrogen and oxygen atoms in total. The maximum Gasteiger partial charge on any atom is 0.243 e. The monoisotopic (exact) mass is 435 g/mol. The molecule has 0 aliphatic heterocycles. The highest BCUT2D eigenvalue weighted by Gasteiger charge is 2.12. The van der Waals surface area contributed by atoms with Gasteiger partial charge >= 0.3 is 0 Å². The van der Waals surface area contributed by atoms with E-state index in [1.54, 1.807) is 28.0 Å². The van der Waals surface area contributed by atoms with Gasteiger partial charge < -0.3 is 10.6 Å². The first kappa shape index (κ1) is 20.2. The number of anilines is 1. The van der Waals surface area contributed by atoms with Gasteiger partial charge in [0.2, 0.25) is 11.8 Å². The van der Waals surface area contributed by atoms with Gasteiger partial charge in [0.1, 0.15) is 0 Å². The number of aromatic amines is 1. The molecule has 0 unspecified atom stereocenters. The Labute approximate surface area is 175 Å². The molecule has 2 aromatic heterocycles. The minimum Gasteiger partial charge on any atom is -0.347 e. The van der Waals surface area contributed by atoms with Crippen LogP contribution in [0.3, 0.4) is 0 Å². The van der Waals surface area contributed by atoms with Crippen LogP contribution in [0.15, 0.2) is 35.7 Å². The van der Waals surface area contributed by atoms with Crippen LogP contribution in [0.1, 0.15) is 12.0 Å². The highest BCUT2D eigenvalue weighted by atomic mass is 35.5. The summed E-state index contributed by atoms with van der Waals surface area (Å²) in [6.45, 7) is 2.13. The Morgan fingerprint density at radius 3 is 2.86 bits per heavy atom. The zero-order valence-corrected chi connectivity index (χ0v) is 17.4. The summed E-state index contributed by atoms with van der Waals surface area (Å²) in [6.07, 6.45) is 0.171. The van der Waals surface area contributed by atoms with Gasteiger partial charge in [0.25, 0.3) is 0 Å². The van der Waals surface area contributed by atoms with Crippen molar-refractivity contribution in [2.75, 3.05) is 11.9 Å². The van der Waals surface area contributed by atoms with Crippen molar-refractivity contribution in [2.24, 2.45) is 0 Å². The largest absolute Gasteiger partial charge is 0.347 e. The van der Waals surface area contributed by atoms with Crippen LogP contribution in [0.5, 0.6) is 0 Å². The second-order valence-electron chi connectivity index (χ2n) is 6.04. The van der Waals surface area contributed by atoms with E-state index in [0.717, 1.165) is 10.4 Å². The Bertz CT molecular complexity index is 1040. The van der Waals surface area contributed by atoms with E-state index in [4.69, 9.17) is 23.8 Å². The van der Waals surface area contributed by atoms with Crippen molar-refractivity contribution in [1.29, 1.82) is 0 Å². The van der Waals surface area contributed by atoms with Gasteiger partial charge in [-0.1, -0.05) is 23.7 Å². The van der Waals surface area contributed by atoms with Crippen molar-refractivity contribution < 1.29 is 9.59 Å². The van der Waals surface area contributed by atoms with Crippen molar-refractivity contribution in [3.8, 4) is 10.7 Å². The Morgan fingerprint density at radius 1 is 1.32 bits per heavy atom. The first-order valence-corrected chi connectivity index (χ1v) is 10.1. The van der Waals surface area contributed by atoms with Crippen LogP contribution in [0, 0.1) is 11.7 Å². The number of carbonyl (C=O) groups excluding carboxylic acids is 2. The summed E-state index contributed by atoms with van der Waals surface area (Å²) in [4.78, 5) is 25.1. The van der Waals surface area contributed by atoms with Crippen molar-refractivity contribution in [2.45, 2.75) is 19.9 Å². The number of hydrogen-bond acceptors (Lipinski definition) is 5. The molecule has 0 saturated carbocycles. The lowest BCUT2D eigenvalue weighted by Crippen LogP contribution is -2.33. The highest BCUT2D eigenvalue weighted by Crippen LogP contribution is 2.23. The molecule has 0 aliphatic rings. The summed E-state index contributed by atoms with van der Waals surface area (Å²) in [5.74, 6) is 0.0863. The van der Waals surface area contributed by atoms with E-state index in [9.17, 15) is 9.59 Å². The van der Waals surface area contributed by atoms with Crippen molar-refractivity contribution in [3.63, 3.8) is 0 Å². The van der Waals surface area contributed by atoms with E-state index < -0.39 is 0 Å². The summed E-state index contributed by atoms with van der Waals surface area (Å²) >= 11 is 12.9. The molecule has 0 atom stereocenters. The first-order valence-electron chi connectivity index (χ1n) is 8.46. The first-order chi connectivity index (χ1) is 13.4. The van der Waals surface area contributed by atoms with Crippen LogP contribution in [-0.2, 0) is 16.1 Å². The quantitative estimate of drug-likeness (QED) is 0.492. The lowest BCUT2D eigenvalue weighted by Gasteiger charge is -2.09. The minimum atomic E-state index is -0.349. The number of benzene rings is 1. The van der Waals surface area contributed by atoms with Gasteiger partial charge in [-0.3, -0.25) is 19.3 Å². The molecular weight excluding hydrogens is 418 g/mol. The number of halogens is 1. The van der Waals surface area contributed by atoms with Crippen molar-refractivity contribution in [1.82, 2.24) is 20.1 Å². The zero-order valence-electron chi connectivity index (χ0n) is 15.0. The molecular formula is C18H18ClN5O2S2. The molecule has 3 N–H and O–H groups in total. The third-order valence-corrected chi connectivity index (χ3v) is 5.40. The molecule has 0 spiro atoms. The molecule has 0 aliphatic carbocycles. The number of H-pyrrole nitrogens is 1. The molecule has 3 aromatic rings. The van der Waals surface area contributed by atoms with Crippen LogP contribution in [0.25, 0.3) is 10.7 Å². The Hall–Kier alpha value is -2.49. The van der Waals surface area contributed by atoms with E-state index in [1.165, 1.54) is 0 Å². The van der Waals surface area contributed by atoms with Crippen LogP contribution >= 0.6 is 35.2 Å². The third-order valence-electron chi connectivity index (χ3n) is 3.91. The Balaban J connectivity index is 1.51. The van der Waals surface area contributed by atoms with Gasteiger partial charge in [0.05, 0.1) is 22.1 Å². The van der Waals surface area contributed by atoms with Crippen molar-refractivity contribution >= 4 is 52.7 Å². The van der Waals surface area contributed by atoms with E-state index in [2.05, 4.69) is 20.8 Å². The Morgan fingerprint density at radius 2 is 2.14 bits per heavy atom. The summed E-state index contributed by atoms with van der Waals surface area (Å²) in [5, 5.41) is 14.6. The second kappa shape index (κ2) is 9.13. The fraction of sp³-hybridized carbons (Fsp3) is 0.222. The number of amides is 2. The predicted molar refractivity (Wildman–Crippen MR) is 113 cm³/mol. The van der Waals surface area contributed by atoms with E-state index >= 15 is 0 Å². The van der Waals surface area contributed by atoms with Gasteiger partial charge in [-0.15, -0.1) is 11.3 Å². The molecule has 146 valence electrons. The maximum absolute atomic E-state index is 12.1. The summed E-state index contributed by atoms with van der Waals surface area (Å²) in [7, 11) is 0. The molecule has 0 saturated heterocycles. The highest BCUT2D eigenvalue weighted by molar-refractivity contribution is 7.71. The number of aryl methyl sites for hydroxylation is 1. The molecule has 0 fully saturated rings. The fourth-order valence-corrected chi connectivity index (χ4v) is 3.74. The molecule has 0 radical (unpaired) electrons. The van der Waals surface area contributed by atoms with Gasteiger partial charge in [-0.05, 0) is 48.3 Å². The standard InChI is InChI=1S/C18H18ClN5O2S2/c1-11-4-5-13(12(19)9-11)21-16(26)10-20-15(25)6-7-24-17(22-23-18(24)27)14-3-2-8-28-14/h2-5,8-9H,6-7,10H2,1H3,(H,20,25)(H,21,26)(H,23,27). The smallest absolute Gasteiger partial charge is 0.243 e. The topological polar surface area (TPSA) is 91.8 Å². The number of rotatable bonds is 7. The summed E-state index contributed by atoms with van der Waals surface area (Å²) in [5.41, 5.74) is 1.51. The lowest BCUT2D eigenvalue weighted by molar-refractivity contribution is -0.124. The molecule has 10 heteroatoms. The number of carbonyl (C=O) groups is 2. The third kappa shape index (κ3) is 5.06. The SMILES string of the molecule is Cc1ccc(NC(=O)CNC(=O)CCn2c(-c3cccs3)n[nH]c2=S)c(Cl)c1. The van der Waals surface area contributed by atoms with Gasteiger partial charge in [0, 0.05) is 13.0 Å². The van der Waals surface area contributed by atoms with Crippen LogP contribution < -0.4 is 10.6 Å². The summed E-state index contributed by atoms with van der Waals surface area (Å²) < 4.78 is 2.22. The fourth-order valence-electron chi connectivity index (χ4n) is 2.52. The average Bonchev–Trinajstić information content (AvgIpc) is 3.30. The molecule has 1 aromatic carbocycles. The molecule has 2 amide bonds. The van der Waals surface area contributed by atoms with Crippen molar-refractivity contribution in [3.05, 3.63) is 51.1 Å². The van der Waals surface area contributed by atoms with Crippen LogP contribution in [0.4, 0.5) is 5.69 Å². The Kier molecular flexibility index (Phi) is 6.61. The number of hydrogen-bond donors (Lipinski definition) is 3. The summed E-state index contributed by atoms with van der Waals surface area (Å²) in [6, 6.07) is 9.19. The minimum absolute atomic E-state index is 0.141. The van der Waals surface area contributed by atoms with Gasteiger partial charge in [0.15, 0.2) is 10.6 Å². The number of thiophene rings is 1. The number of aromatic nitrogens is 3. The van der Waals surface area contributed by atoms with Crippen LogP contribution in [-0.4, -0.2) is 33.1 Å². The molecule has 0 bridgehead atoms. The van der Waals surface area contributed by atoms with E-state index in [-0.39, 0.29) is 24.8 Å². The zero-order chi connectivity index (χ0) is 20.1. The lowest BCUT2D eigenvalue weighted by atomic mass is 10.2. The molecule has 2 heterocycles. The number of nitrogens with one attached hydrogen (secondary N) is 3. The van der Waals surface area contributed by atoms with E-state index in [0.29, 0.717) is 27.9 Å². The van der Waals surface area contributed by atoms with E-state index in [1.807, 2.05) is 30.5 Å². The average molecular weight is 436 g/mol. The second-order valence-corrected chi connectivity index (χ2v) is 7.78. The van der Waals surface area contributed by atoms with Gasteiger partial charge in [-0.2, -0.15) is 5.10 Å². The molecule has 3 rings (SSSR count). The normalized spacial score (nSPS) is 10.6. The number of nitrogens with zero attached hydrogens (tertiary/aromatic N) is 2. The van der Waals surface area contributed by atoms with Gasteiger partial charge in [-0.25, -0.2) is 0 Å². The maximum atomic E-state index is 12.1. The van der Waals surface area contributed by atoms with Crippen LogP contribution in [0.2, 0.25) is 5.02 Å².